The first-order valence-corrected chi connectivity index (χ1v) is 15.8. The Hall–Kier alpha value is -5.56. The average Bonchev–Trinajstić information content (AvgIpc) is 3.10. The van der Waals surface area contributed by atoms with Gasteiger partial charge in [0.25, 0.3) is 0 Å². The van der Waals surface area contributed by atoms with Crippen LogP contribution in [0.1, 0.15) is 44.2 Å². The molecule has 0 heterocycles. The van der Waals surface area contributed by atoms with Gasteiger partial charge in [-0.1, -0.05) is 50.6 Å². The molecule has 1 rings (SSSR count). The summed E-state index contributed by atoms with van der Waals surface area (Å²) in [6.45, 7) is 17.3. The van der Waals surface area contributed by atoms with Gasteiger partial charge in [-0.2, -0.15) is 0 Å². The van der Waals surface area contributed by atoms with Gasteiger partial charge in [0.05, 0.1) is 38.6 Å². The van der Waals surface area contributed by atoms with Crippen molar-refractivity contribution in [2.45, 2.75) is 57.2 Å². The van der Waals surface area contributed by atoms with E-state index in [2.05, 4.69) is 46.4 Å². The number of hydrogen-bond donors (Lipinski definition) is 10. The van der Waals surface area contributed by atoms with Gasteiger partial charge >= 0.3 is 36.1 Å². The monoisotopic (exact) mass is 754 g/mol. The Morgan fingerprint density at radius 2 is 0.981 bits per heavy atom. The third-order valence-corrected chi connectivity index (χ3v) is 6.79. The number of hydrogen-bond acceptors (Lipinski definition) is 12. The van der Waals surface area contributed by atoms with Crippen molar-refractivity contribution < 1.29 is 79.1 Å². The van der Waals surface area contributed by atoms with Crippen molar-refractivity contribution in [3.63, 3.8) is 0 Å². The van der Waals surface area contributed by atoms with Crippen LogP contribution >= 0.6 is 0 Å². The molecule has 53 heavy (non-hydrogen) atoms. The van der Waals surface area contributed by atoms with E-state index in [1.165, 1.54) is 0 Å². The molecule has 1 aromatic rings. The summed E-state index contributed by atoms with van der Waals surface area (Å²) in [6.07, 6.45) is -4.04. The minimum absolute atomic E-state index is 0.00926. The van der Waals surface area contributed by atoms with Crippen LogP contribution in [0.25, 0.3) is 0 Å². The Balaban J connectivity index is 0. The van der Waals surface area contributed by atoms with E-state index in [0.717, 1.165) is 0 Å². The van der Waals surface area contributed by atoms with Crippen molar-refractivity contribution in [3.8, 4) is 0 Å². The number of carbonyl (C=O) groups excluding carboxylic acids is 2. The van der Waals surface area contributed by atoms with Crippen LogP contribution in [-0.4, -0.2) is 129 Å². The molecule has 0 radical (unpaired) electrons. The molecule has 10 N–H and O–H groups in total. The van der Waals surface area contributed by atoms with Gasteiger partial charge in [0, 0.05) is 47.2 Å². The van der Waals surface area contributed by atoms with Crippen LogP contribution in [0.4, 0.5) is 9.59 Å². The van der Waals surface area contributed by atoms with Gasteiger partial charge in [-0.05, 0) is 44.2 Å². The lowest BCUT2D eigenvalue weighted by Crippen LogP contribution is -2.34. The van der Waals surface area contributed by atoms with Crippen LogP contribution in [0.5, 0.6) is 0 Å². The molecule has 0 aliphatic heterocycles. The van der Waals surface area contributed by atoms with Crippen LogP contribution in [0, 0.1) is 0 Å². The molecule has 0 aliphatic rings. The van der Waals surface area contributed by atoms with E-state index >= 15 is 0 Å². The summed E-state index contributed by atoms with van der Waals surface area (Å²) >= 11 is 0. The lowest BCUT2D eigenvalue weighted by molar-refractivity contribution is -0.134. The van der Waals surface area contributed by atoms with E-state index in [1.54, 1.807) is 38.1 Å². The molecule has 0 bridgehead atoms. The number of ether oxygens (including phenoxy) is 2. The van der Waals surface area contributed by atoms with Crippen LogP contribution in [0.15, 0.2) is 72.9 Å². The molecule has 0 aromatic heterocycles. The zero-order chi connectivity index (χ0) is 41.3. The van der Waals surface area contributed by atoms with Crippen molar-refractivity contribution in [3.05, 3.63) is 84.0 Å². The molecule has 2 atom stereocenters. The number of alkyl carbamates (subject to hydrolysis) is 2. The SMILES string of the molecule is C=C(Cc1ccccc1C(CC(=C)C(=O)O)(CC(=C)C(=O)O)CC(=C)C(=O)O)C(=O)O.CCOC(=O)NCC(O)CO.CCOC(=O)NCC(O)CO. The second kappa shape index (κ2) is 26.2. The number of carbonyl (C=O) groups is 6. The first-order chi connectivity index (χ1) is 24.7. The van der Waals surface area contributed by atoms with Gasteiger partial charge in [-0.3, -0.25) is 0 Å². The minimum atomic E-state index is -1.41. The smallest absolute Gasteiger partial charge is 0.407 e. The van der Waals surface area contributed by atoms with Crippen molar-refractivity contribution in [1.82, 2.24) is 10.6 Å². The predicted molar refractivity (Wildman–Crippen MR) is 189 cm³/mol. The third-order valence-electron chi connectivity index (χ3n) is 6.79. The Morgan fingerprint density at radius 3 is 1.28 bits per heavy atom. The number of benzene rings is 1. The minimum Gasteiger partial charge on any atom is -0.478 e. The fourth-order valence-electron chi connectivity index (χ4n) is 4.32. The Kier molecular flexibility index (Phi) is 24.5. The second-order valence-electron chi connectivity index (χ2n) is 11.2. The standard InChI is InChI=1S/C23H24O8.2C6H13NO4/c1-13(19(24)25)9-17-7-5-6-8-18(17)23(10-14(2)20(26)27,11-15(3)21(28)29)12-16(4)22(30)31;2*1-2-11-6(10)7-3-5(9)4-8/h5-8H,1-4,9-12H2,(H,24,25)(H,26,27)(H,28,29)(H,30,31);2*5,8-9H,2-4H2,1H3,(H,7,10). The van der Waals surface area contributed by atoms with Crippen LogP contribution < -0.4 is 10.6 Å². The fourth-order valence-corrected chi connectivity index (χ4v) is 4.32. The maximum atomic E-state index is 11.5. The highest BCUT2D eigenvalue weighted by Gasteiger charge is 2.39. The molecule has 0 aliphatic carbocycles. The summed E-state index contributed by atoms with van der Waals surface area (Å²) in [5.74, 6) is -5.24. The van der Waals surface area contributed by atoms with E-state index in [1.807, 2.05) is 0 Å². The topological polar surface area (TPSA) is 307 Å². The van der Waals surface area contributed by atoms with Crippen LogP contribution in [0.3, 0.4) is 0 Å². The normalized spacial score (nSPS) is 11.4. The number of carboxylic acids is 4. The molecule has 18 nitrogen and oxygen atoms in total. The summed E-state index contributed by atoms with van der Waals surface area (Å²) in [7, 11) is 0. The molecule has 2 amide bonds. The first-order valence-electron chi connectivity index (χ1n) is 15.8. The van der Waals surface area contributed by atoms with E-state index in [-0.39, 0.29) is 74.3 Å². The predicted octanol–water partition coefficient (Wildman–Crippen LogP) is 1.37. The van der Waals surface area contributed by atoms with Gasteiger partial charge in [0.15, 0.2) is 0 Å². The summed E-state index contributed by atoms with van der Waals surface area (Å²) in [5, 5.41) is 76.1. The Bertz CT molecular complexity index is 1360. The summed E-state index contributed by atoms with van der Waals surface area (Å²) in [5.41, 5.74) is -1.56. The number of aliphatic carboxylic acids is 4. The van der Waals surface area contributed by atoms with Gasteiger partial charge in [0.2, 0.25) is 0 Å². The molecular weight excluding hydrogens is 704 g/mol. The molecule has 2 unspecified atom stereocenters. The van der Waals surface area contributed by atoms with Crippen molar-refractivity contribution in [2.24, 2.45) is 0 Å². The quantitative estimate of drug-likeness (QED) is 0.0793. The molecule has 0 fully saturated rings. The lowest BCUT2D eigenvalue weighted by Gasteiger charge is -2.37. The molecule has 296 valence electrons. The summed E-state index contributed by atoms with van der Waals surface area (Å²) in [6, 6.07) is 6.40. The number of aliphatic hydroxyl groups excluding tert-OH is 4. The van der Waals surface area contributed by atoms with Gasteiger partial charge in [0.1, 0.15) is 0 Å². The summed E-state index contributed by atoms with van der Waals surface area (Å²) < 4.78 is 8.99. The highest BCUT2D eigenvalue weighted by molar-refractivity contribution is 5.89. The maximum absolute atomic E-state index is 11.5. The van der Waals surface area contributed by atoms with Crippen LogP contribution in [0.2, 0.25) is 0 Å². The molecule has 18 heteroatoms. The zero-order valence-electron chi connectivity index (χ0n) is 29.7. The molecule has 0 spiro atoms. The van der Waals surface area contributed by atoms with Crippen LogP contribution in [-0.2, 0) is 40.5 Å². The van der Waals surface area contributed by atoms with Gasteiger partial charge in [-0.25, -0.2) is 28.8 Å². The van der Waals surface area contributed by atoms with E-state index < -0.39 is 53.7 Å². The van der Waals surface area contributed by atoms with Gasteiger partial charge < -0.3 is 61.0 Å². The largest absolute Gasteiger partial charge is 0.478 e. The molecule has 1 aromatic carbocycles. The van der Waals surface area contributed by atoms with E-state index in [4.69, 9.17) is 20.4 Å². The molecular formula is C35H50N2O16. The number of amides is 2. The number of aliphatic hydroxyl groups is 4. The van der Waals surface area contributed by atoms with Crippen molar-refractivity contribution in [2.75, 3.05) is 39.5 Å². The maximum Gasteiger partial charge on any atom is 0.407 e. The molecule has 0 saturated heterocycles. The van der Waals surface area contributed by atoms with Crippen molar-refractivity contribution in [1.29, 1.82) is 0 Å². The number of rotatable bonds is 21. The highest BCUT2D eigenvalue weighted by Crippen LogP contribution is 2.44. The Labute approximate surface area is 306 Å². The second-order valence-corrected chi connectivity index (χ2v) is 11.2. The average molecular weight is 755 g/mol. The molecule has 0 saturated carbocycles. The highest BCUT2D eigenvalue weighted by atomic mass is 16.6. The third kappa shape index (κ3) is 20.8. The van der Waals surface area contributed by atoms with Crippen molar-refractivity contribution >= 4 is 36.1 Å². The first kappa shape index (κ1) is 49.6. The van der Waals surface area contributed by atoms with E-state index in [0.29, 0.717) is 24.3 Å². The lowest BCUT2D eigenvalue weighted by atomic mass is 9.66. The fraction of sp³-hybridized carbons (Fsp3) is 0.429. The Morgan fingerprint density at radius 1 is 0.642 bits per heavy atom. The number of nitrogens with one attached hydrogen (secondary N) is 2. The van der Waals surface area contributed by atoms with E-state index in [9.17, 15) is 49.2 Å². The van der Waals surface area contributed by atoms with Gasteiger partial charge in [-0.15, -0.1) is 0 Å². The number of carboxylic acid groups (broad SMARTS) is 4. The zero-order valence-corrected chi connectivity index (χ0v) is 29.7. The summed E-state index contributed by atoms with van der Waals surface area (Å²) in [4.78, 5) is 67.0.